The van der Waals surface area contributed by atoms with Crippen LogP contribution in [-0.4, -0.2) is 44.9 Å². The van der Waals surface area contributed by atoms with Crippen molar-refractivity contribution in [2.45, 2.75) is 116 Å². The van der Waals surface area contributed by atoms with Gasteiger partial charge in [0.1, 0.15) is 0 Å². The Morgan fingerprint density at radius 1 is 0.115 bits per heavy atom. The van der Waals surface area contributed by atoms with Gasteiger partial charge in [0.15, 0.2) is 52.4 Å². The molecule has 148 heavy (non-hydrogen) atoms. The molecule has 9 nitrogen and oxygen atoms in total. The van der Waals surface area contributed by atoms with Gasteiger partial charge >= 0.3 is 0 Å². The quantitative estimate of drug-likeness (QED) is 0.132. The minimum Gasteiger partial charge on any atom is -0.208 e. The molecule has 0 spiro atoms. The van der Waals surface area contributed by atoms with Crippen LogP contribution in [0.1, 0.15) is 150 Å². The average molecular weight is 1900 g/mol. The molecular weight excluding hydrogens is 1800 g/mol. The Labute approximate surface area is 863 Å². The Balaban J connectivity index is 0.000000110. The van der Waals surface area contributed by atoms with Crippen molar-refractivity contribution in [1.29, 1.82) is 0 Å². The fourth-order valence-corrected chi connectivity index (χ4v) is 25.1. The lowest BCUT2D eigenvalue weighted by molar-refractivity contribution is 0.652. The first-order chi connectivity index (χ1) is 71.8. The molecule has 20 aromatic carbocycles. The zero-order valence-electron chi connectivity index (χ0n) is 84.9. The first-order valence-corrected chi connectivity index (χ1v) is 51.6. The molecule has 23 aromatic rings. The Bertz CT molecular complexity index is 9530. The molecule has 9 heteroatoms. The number of fused-ring (bicyclic) bond motifs is 22. The van der Waals surface area contributed by atoms with Gasteiger partial charge in [0, 0.05) is 82.6 Å². The summed E-state index contributed by atoms with van der Waals surface area (Å²) in [6.07, 6.45) is 0. The van der Waals surface area contributed by atoms with Crippen LogP contribution in [0, 0.1) is 0 Å². The monoisotopic (exact) mass is 1900 g/mol. The van der Waals surface area contributed by atoms with E-state index in [1.54, 1.807) is 0 Å². The highest BCUT2D eigenvalue weighted by Gasteiger charge is 2.47. The van der Waals surface area contributed by atoms with Crippen LogP contribution in [0.4, 0.5) is 0 Å². The molecule has 0 saturated heterocycles. The van der Waals surface area contributed by atoms with Crippen LogP contribution in [0.25, 0.3) is 223 Å². The molecule has 29 rings (SSSR count). The third-order valence-corrected chi connectivity index (χ3v) is 33.2. The van der Waals surface area contributed by atoms with Gasteiger partial charge in [0.05, 0.1) is 0 Å². The lowest BCUT2D eigenvalue weighted by Crippen LogP contribution is -2.17. The second-order valence-corrected chi connectivity index (χ2v) is 43.9. The van der Waals surface area contributed by atoms with Crippen LogP contribution in [0.5, 0.6) is 0 Å². The van der Waals surface area contributed by atoms with Gasteiger partial charge in [-0.2, -0.15) is 0 Å². The van der Waals surface area contributed by atoms with Crippen LogP contribution >= 0.6 is 0 Å². The van der Waals surface area contributed by atoms with Gasteiger partial charge < -0.3 is 0 Å². The lowest BCUT2D eigenvalue weighted by Gasteiger charge is -2.24. The van der Waals surface area contributed by atoms with E-state index in [9.17, 15) is 0 Å². The predicted octanol–water partition coefficient (Wildman–Crippen LogP) is 34.7. The predicted molar refractivity (Wildman–Crippen MR) is 609 cm³/mol. The summed E-state index contributed by atoms with van der Waals surface area (Å²) < 4.78 is 0. The van der Waals surface area contributed by atoms with Crippen molar-refractivity contribution in [3.63, 3.8) is 0 Å². The number of hydrogen-bond donors (Lipinski definition) is 0. The van der Waals surface area contributed by atoms with E-state index in [4.69, 9.17) is 44.9 Å². The summed E-state index contributed by atoms with van der Waals surface area (Å²) in [5, 5.41) is 9.37. The van der Waals surface area contributed by atoms with Crippen LogP contribution in [0.3, 0.4) is 0 Å². The highest BCUT2D eigenvalue weighted by atomic mass is 15.1. The molecule has 0 atom stereocenters. The van der Waals surface area contributed by atoms with E-state index in [0.717, 1.165) is 82.6 Å². The minimum atomic E-state index is -0.210. The molecule has 0 unspecified atom stereocenters. The highest BCUT2D eigenvalue weighted by Crippen LogP contribution is 2.61. The van der Waals surface area contributed by atoms with Crippen molar-refractivity contribution in [2.24, 2.45) is 0 Å². The second-order valence-electron chi connectivity index (χ2n) is 43.9. The van der Waals surface area contributed by atoms with E-state index in [0.29, 0.717) is 52.4 Å². The molecule has 0 N–H and O–H groups in total. The SMILES string of the molecule is CC1(C)c2ccccc2-c2cc3c(cc21)-c1ccc(-c2nc(-c4cccc(-c5cccc6ccccc56)c4)nc(-c4cccc5ccccc45)n2)cc1C3(C)C.CC1(C)c2ccccc2-c2cc3c(cc21)-c1ccc(-c2nc(-c4ccccc4)nc(-c4ccc5ccccc5c4)n2)cc1C3(C)C.CC1(C)c2ccccc2-c2cc3c(cc21)-c1ccc(-c2nc(-c4ccccc4)nc(-c4cccc5ccccc45)n2)cc1C3(C)C. The van der Waals surface area contributed by atoms with Gasteiger partial charge in [0.2, 0.25) is 0 Å². The molecule has 0 aliphatic heterocycles. The van der Waals surface area contributed by atoms with Crippen LogP contribution in [0.15, 0.2) is 419 Å². The first kappa shape index (κ1) is 89.3. The van der Waals surface area contributed by atoms with Crippen LogP contribution in [-0.2, 0) is 32.5 Å². The Hall–Kier alpha value is -17.5. The van der Waals surface area contributed by atoms with Gasteiger partial charge in [0.25, 0.3) is 0 Å². The van der Waals surface area contributed by atoms with Crippen LogP contribution in [0.2, 0.25) is 0 Å². The Kier molecular flexibility index (Phi) is 20.2. The van der Waals surface area contributed by atoms with Crippen LogP contribution < -0.4 is 0 Å². The summed E-state index contributed by atoms with van der Waals surface area (Å²) in [7, 11) is 0. The number of benzene rings is 20. The fourth-order valence-electron chi connectivity index (χ4n) is 25.1. The van der Waals surface area contributed by atoms with E-state index < -0.39 is 0 Å². The lowest BCUT2D eigenvalue weighted by atomic mass is 9.79. The summed E-state index contributed by atoms with van der Waals surface area (Å²) in [6.45, 7) is 28.3. The Morgan fingerprint density at radius 2 is 0.331 bits per heavy atom. The maximum Gasteiger partial charge on any atom is 0.164 e. The molecule has 6 aliphatic carbocycles. The molecule has 6 aliphatic rings. The third-order valence-electron chi connectivity index (χ3n) is 33.2. The second kappa shape index (κ2) is 33.5. The number of aromatic nitrogens is 9. The van der Waals surface area contributed by atoms with E-state index >= 15 is 0 Å². The van der Waals surface area contributed by atoms with E-state index in [1.165, 1.54) is 155 Å². The zero-order valence-corrected chi connectivity index (χ0v) is 84.9. The van der Waals surface area contributed by atoms with E-state index in [2.05, 4.69) is 465 Å². The number of nitrogens with zero attached hydrogens (tertiary/aromatic N) is 9. The smallest absolute Gasteiger partial charge is 0.164 e. The highest BCUT2D eigenvalue weighted by molar-refractivity contribution is 6.02. The van der Waals surface area contributed by atoms with Crippen molar-refractivity contribution in [3.8, 4) is 180 Å². The standard InChI is InChI=1S/C53H39N3.2C43H33N3/c1-52(2)45-25-10-9-22-40(45)43-30-48-44(31-47(43)52)41-27-26-36(29-46(41)53(48,3)4)50-54-49(55-51(56-50)42-24-13-17-33-15-6-8-21-38(33)42)35-19-11-18-34(28-35)39-23-12-16-32-14-5-7-20-37(32)39;1-42(2)35-20-11-10-18-30(35)33-24-38-34(25-37(33)42)31-22-21-28(23-36(31)43(38,3)4)40-44-39(27-14-6-5-7-15-27)45-41(46-40)32-19-12-16-26-13-8-9-17-29(26)32;1-42(2)35-17-11-10-16-31(35)33-24-38-34(25-37(33)42)32-21-20-30(23-36(32)43(38,3)4)41-45-39(27-13-6-5-7-14-27)44-40(46-41)29-19-18-26-12-8-9-15-28(26)22-29/h5-31H,1-4H3;2*5-25H,1-4H3. The molecule has 0 radical (unpaired) electrons. The summed E-state index contributed by atoms with van der Waals surface area (Å²) in [5.41, 5.74) is 43.0. The van der Waals surface area contributed by atoms with Crippen molar-refractivity contribution in [1.82, 2.24) is 44.9 Å². The molecule has 706 valence electrons. The molecule has 3 heterocycles. The summed E-state index contributed by atoms with van der Waals surface area (Å²) in [5.74, 6) is 6.06. The van der Waals surface area contributed by atoms with Gasteiger partial charge in [-0.3, -0.25) is 0 Å². The summed E-state index contributed by atoms with van der Waals surface area (Å²) in [4.78, 5) is 46.2. The molecular formula is C139H105N9. The number of hydrogen-bond acceptors (Lipinski definition) is 9. The van der Waals surface area contributed by atoms with Crippen molar-refractivity contribution >= 4 is 43.1 Å². The van der Waals surface area contributed by atoms with Crippen molar-refractivity contribution in [3.05, 3.63) is 485 Å². The van der Waals surface area contributed by atoms with Gasteiger partial charge in [-0.1, -0.05) is 435 Å². The van der Waals surface area contributed by atoms with E-state index in [1.807, 2.05) is 36.4 Å². The van der Waals surface area contributed by atoms with Crippen molar-refractivity contribution < 1.29 is 0 Å². The third kappa shape index (κ3) is 14.2. The molecule has 0 bridgehead atoms. The van der Waals surface area contributed by atoms with Gasteiger partial charge in [-0.25, -0.2) is 44.9 Å². The molecule has 0 amide bonds. The number of rotatable bonds is 10. The molecule has 3 aromatic heterocycles. The fraction of sp³-hybridized carbons (Fsp3) is 0.129. The maximum absolute atomic E-state index is 5.27. The molecule has 0 fully saturated rings. The maximum atomic E-state index is 5.27. The summed E-state index contributed by atoms with van der Waals surface area (Å²) >= 11 is 0. The van der Waals surface area contributed by atoms with Crippen molar-refractivity contribution in [2.75, 3.05) is 0 Å². The summed E-state index contributed by atoms with van der Waals surface area (Å²) in [6, 6.07) is 150. The zero-order chi connectivity index (χ0) is 100. The first-order valence-electron chi connectivity index (χ1n) is 51.6. The Morgan fingerprint density at radius 3 is 0.689 bits per heavy atom. The topological polar surface area (TPSA) is 116 Å². The largest absolute Gasteiger partial charge is 0.208 e. The average Bonchev–Trinajstić information content (AvgIpc) is 1.55. The minimum absolute atomic E-state index is 0.0360. The molecule has 0 saturated carbocycles. The normalized spacial score (nSPS) is 14.7. The van der Waals surface area contributed by atoms with E-state index in [-0.39, 0.29) is 32.5 Å². The van der Waals surface area contributed by atoms with Gasteiger partial charge in [-0.05, 0) is 254 Å². The van der Waals surface area contributed by atoms with Gasteiger partial charge in [-0.15, -0.1) is 0 Å².